The molecule has 2 aromatic carbocycles. The third-order valence-electron chi connectivity index (χ3n) is 3.67. The van der Waals surface area contributed by atoms with E-state index in [4.69, 9.17) is 0 Å². The summed E-state index contributed by atoms with van der Waals surface area (Å²) in [6, 6.07) is 19.0. The van der Waals surface area contributed by atoms with Crippen LogP contribution in [0, 0.1) is 0 Å². The molecule has 0 unspecified atom stereocenters. The molecule has 4 rings (SSSR count). The fraction of sp³-hybridized carbons (Fsp3) is 0.111. The molecule has 148 valence electrons. The predicted molar refractivity (Wildman–Crippen MR) is 116 cm³/mol. The maximum absolute atomic E-state index is 12.5. The summed E-state index contributed by atoms with van der Waals surface area (Å²) in [6.07, 6.45) is 0. The minimum Gasteiger partial charge on any atom is -0.330 e. The number of hydrogen-bond donors (Lipinski definition) is 2. The quantitative estimate of drug-likeness (QED) is 0.420. The van der Waals surface area contributed by atoms with Crippen molar-refractivity contribution in [3.8, 4) is 0 Å². The lowest BCUT2D eigenvalue weighted by Crippen LogP contribution is -2.07. The number of aromatic nitrogens is 4. The van der Waals surface area contributed by atoms with Crippen molar-refractivity contribution in [2.45, 2.75) is 11.5 Å². The van der Waals surface area contributed by atoms with Crippen molar-refractivity contribution in [2.75, 3.05) is 10.6 Å². The topological polar surface area (TPSA) is 110 Å². The highest BCUT2D eigenvalue weighted by molar-refractivity contribution is 7.90. The number of rotatable bonds is 8. The van der Waals surface area contributed by atoms with Crippen LogP contribution in [0.1, 0.15) is 10.0 Å². The standard InChI is InChI=1S/C18H16N6O2S3/c25-29(26,11-15-21-23-17(27-15)19-13-7-3-1-4-8-13)12-16-22-24-18(28-16)20-14-9-5-2-6-10-14/h1-10H,11-12H2,(H,19,23)(H,20,24). The number of anilines is 4. The lowest BCUT2D eigenvalue weighted by molar-refractivity contribution is 0.593. The molecule has 4 aromatic rings. The molecular formula is C18H16N6O2S3. The van der Waals surface area contributed by atoms with Gasteiger partial charge in [0.1, 0.15) is 21.5 Å². The van der Waals surface area contributed by atoms with E-state index >= 15 is 0 Å². The Labute approximate surface area is 175 Å². The second-order valence-corrected chi connectivity index (χ2v) is 10.2. The molecule has 11 heteroatoms. The SMILES string of the molecule is O=S(=O)(Cc1nnc(Nc2ccccc2)s1)Cc1nnc(Nc2ccccc2)s1. The Kier molecular flexibility index (Phi) is 5.79. The molecule has 29 heavy (non-hydrogen) atoms. The van der Waals surface area contributed by atoms with Crippen LogP contribution >= 0.6 is 22.7 Å². The zero-order valence-electron chi connectivity index (χ0n) is 15.0. The summed E-state index contributed by atoms with van der Waals surface area (Å²) in [5.41, 5.74) is 1.73. The lowest BCUT2D eigenvalue weighted by atomic mass is 10.3. The van der Waals surface area contributed by atoms with Crippen molar-refractivity contribution in [2.24, 2.45) is 0 Å². The van der Waals surface area contributed by atoms with Crippen molar-refractivity contribution >= 4 is 54.1 Å². The highest BCUT2D eigenvalue weighted by Crippen LogP contribution is 2.25. The molecule has 0 aliphatic rings. The number of para-hydroxylation sites is 2. The zero-order valence-corrected chi connectivity index (χ0v) is 17.5. The van der Waals surface area contributed by atoms with Crippen molar-refractivity contribution in [3.63, 3.8) is 0 Å². The molecular weight excluding hydrogens is 428 g/mol. The van der Waals surface area contributed by atoms with E-state index in [1.807, 2.05) is 60.7 Å². The van der Waals surface area contributed by atoms with E-state index in [1.165, 1.54) is 22.7 Å². The van der Waals surface area contributed by atoms with Gasteiger partial charge in [-0.3, -0.25) is 0 Å². The van der Waals surface area contributed by atoms with Gasteiger partial charge in [-0.15, -0.1) is 20.4 Å². The van der Waals surface area contributed by atoms with Crippen LogP contribution < -0.4 is 10.6 Å². The van der Waals surface area contributed by atoms with E-state index in [1.54, 1.807) is 0 Å². The summed E-state index contributed by atoms with van der Waals surface area (Å²) in [6.45, 7) is 0. The molecule has 0 bridgehead atoms. The predicted octanol–water partition coefficient (Wildman–Crippen LogP) is 3.99. The van der Waals surface area contributed by atoms with E-state index in [2.05, 4.69) is 31.0 Å². The van der Waals surface area contributed by atoms with Crippen LogP contribution in [0.2, 0.25) is 0 Å². The molecule has 2 heterocycles. The number of sulfone groups is 1. The van der Waals surface area contributed by atoms with Gasteiger partial charge in [0.05, 0.1) is 0 Å². The van der Waals surface area contributed by atoms with Gasteiger partial charge in [0, 0.05) is 11.4 Å². The van der Waals surface area contributed by atoms with Crippen LogP contribution in [0.25, 0.3) is 0 Å². The Balaban J connectivity index is 1.37. The third-order valence-corrected chi connectivity index (χ3v) is 7.14. The summed E-state index contributed by atoms with van der Waals surface area (Å²) in [5, 5.41) is 24.2. The molecule has 8 nitrogen and oxygen atoms in total. The molecule has 2 N–H and O–H groups in total. The Morgan fingerprint density at radius 2 is 1.07 bits per heavy atom. The average Bonchev–Trinajstić information content (AvgIpc) is 3.32. The van der Waals surface area contributed by atoms with Gasteiger partial charge in [0.2, 0.25) is 10.3 Å². The largest absolute Gasteiger partial charge is 0.330 e. The molecule has 0 radical (unpaired) electrons. The Morgan fingerprint density at radius 3 is 1.48 bits per heavy atom. The second-order valence-electron chi connectivity index (χ2n) is 6.02. The molecule has 0 amide bonds. The smallest absolute Gasteiger partial charge is 0.210 e. The minimum atomic E-state index is -3.45. The molecule has 0 saturated carbocycles. The van der Waals surface area contributed by atoms with Gasteiger partial charge in [-0.1, -0.05) is 59.1 Å². The first kappa shape index (κ1) is 19.4. The highest BCUT2D eigenvalue weighted by atomic mass is 32.2. The first-order valence-electron chi connectivity index (χ1n) is 8.55. The fourth-order valence-electron chi connectivity index (χ4n) is 2.44. The Hall–Kier alpha value is -2.89. The minimum absolute atomic E-state index is 0.192. The van der Waals surface area contributed by atoms with Crippen LogP contribution in [0.15, 0.2) is 60.7 Å². The number of nitrogens with one attached hydrogen (secondary N) is 2. The Bertz CT molecular complexity index is 1090. The fourth-order valence-corrected chi connectivity index (χ4v) is 6.07. The van der Waals surface area contributed by atoms with Crippen LogP contribution in [-0.4, -0.2) is 28.8 Å². The van der Waals surface area contributed by atoms with Crippen LogP contribution in [0.3, 0.4) is 0 Å². The zero-order chi connectivity index (χ0) is 20.1. The van der Waals surface area contributed by atoms with E-state index in [-0.39, 0.29) is 11.5 Å². The maximum Gasteiger partial charge on any atom is 0.210 e. The lowest BCUT2D eigenvalue weighted by Gasteiger charge is -2.00. The molecule has 0 fully saturated rings. The summed E-state index contributed by atoms with van der Waals surface area (Å²) < 4.78 is 25.1. The third kappa shape index (κ3) is 5.56. The van der Waals surface area contributed by atoms with Crippen molar-refractivity contribution in [1.29, 1.82) is 0 Å². The summed E-state index contributed by atoms with van der Waals surface area (Å²) >= 11 is 2.43. The number of benzene rings is 2. The van der Waals surface area contributed by atoms with Gasteiger partial charge < -0.3 is 10.6 Å². The molecule has 0 aliphatic heterocycles. The summed E-state index contributed by atoms with van der Waals surface area (Å²) in [5.74, 6) is -0.385. The second kappa shape index (κ2) is 8.64. The van der Waals surface area contributed by atoms with E-state index < -0.39 is 9.84 Å². The monoisotopic (exact) mass is 444 g/mol. The van der Waals surface area contributed by atoms with Gasteiger partial charge in [-0.25, -0.2) is 8.42 Å². The van der Waals surface area contributed by atoms with Crippen molar-refractivity contribution in [3.05, 3.63) is 70.7 Å². The van der Waals surface area contributed by atoms with Crippen LogP contribution in [-0.2, 0) is 21.3 Å². The van der Waals surface area contributed by atoms with E-state index in [0.29, 0.717) is 20.3 Å². The van der Waals surface area contributed by atoms with Gasteiger partial charge in [0.25, 0.3) is 0 Å². The van der Waals surface area contributed by atoms with Gasteiger partial charge >= 0.3 is 0 Å². The Morgan fingerprint density at radius 1 is 0.655 bits per heavy atom. The van der Waals surface area contributed by atoms with E-state index in [9.17, 15) is 8.42 Å². The van der Waals surface area contributed by atoms with Crippen molar-refractivity contribution in [1.82, 2.24) is 20.4 Å². The molecule has 0 aliphatic carbocycles. The van der Waals surface area contributed by atoms with Gasteiger partial charge in [-0.2, -0.15) is 0 Å². The van der Waals surface area contributed by atoms with Gasteiger partial charge in [-0.05, 0) is 24.3 Å². The number of hydrogen-bond acceptors (Lipinski definition) is 10. The summed E-state index contributed by atoms with van der Waals surface area (Å²) in [7, 11) is -3.45. The molecule has 2 aromatic heterocycles. The van der Waals surface area contributed by atoms with Crippen molar-refractivity contribution < 1.29 is 8.42 Å². The first-order valence-corrected chi connectivity index (χ1v) is 12.0. The highest BCUT2D eigenvalue weighted by Gasteiger charge is 2.19. The van der Waals surface area contributed by atoms with E-state index in [0.717, 1.165) is 11.4 Å². The number of nitrogens with zero attached hydrogens (tertiary/aromatic N) is 4. The first-order chi connectivity index (χ1) is 14.1. The molecule has 0 atom stereocenters. The maximum atomic E-state index is 12.5. The molecule has 0 saturated heterocycles. The van der Waals surface area contributed by atoms with Crippen LogP contribution in [0.5, 0.6) is 0 Å². The summed E-state index contributed by atoms with van der Waals surface area (Å²) in [4.78, 5) is 0. The average molecular weight is 445 g/mol. The van der Waals surface area contributed by atoms with Gasteiger partial charge in [0.15, 0.2) is 9.84 Å². The normalized spacial score (nSPS) is 11.3. The van der Waals surface area contributed by atoms with Crippen LogP contribution in [0.4, 0.5) is 21.6 Å². The molecule has 0 spiro atoms.